The van der Waals surface area contributed by atoms with Crippen molar-refractivity contribution in [1.29, 1.82) is 0 Å². The summed E-state index contributed by atoms with van der Waals surface area (Å²) in [5.74, 6) is 0. The second kappa shape index (κ2) is 5.57. The monoisotopic (exact) mass is 241 g/mol. The van der Waals surface area contributed by atoms with E-state index in [9.17, 15) is 0 Å². The maximum atomic E-state index is 5.70. The molecule has 0 aromatic carbocycles. The minimum atomic E-state index is 0.443. The summed E-state index contributed by atoms with van der Waals surface area (Å²) in [6.07, 6.45) is 5.90. The van der Waals surface area contributed by atoms with Gasteiger partial charge < -0.3 is 4.74 Å². The van der Waals surface area contributed by atoms with E-state index in [2.05, 4.69) is 14.9 Å². The summed E-state index contributed by atoms with van der Waals surface area (Å²) in [7, 11) is 1.73. The van der Waals surface area contributed by atoms with Gasteiger partial charge >= 0.3 is 0 Å². The summed E-state index contributed by atoms with van der Waals surface area (Å²) in [6.45, 7) is 2.54. The second-order valence-corrected chi connectivity index (χ2v) is 4.41. The molecule has 1 fully saturated rings. The molecule has 16 heavy (non-hydrogen) atoms. The Hall–Kier alpha value is -0.710. The lowest BCUT2D eigenvalue weighted by Crippen LogP contribution is -2.29. The molecule has 0 radical (unpaired) electrons. The predicted molar refractivity (Wildman–Crippen MR) is 62.4 cm³/mol. The van der Waals surface area contributed by atoms with E-state index in [0.29, 0.717) is 11.2 Å². The first kappa shape index (κ1) is 11.8. The Morgan fingerprint density at radius 2 is 2.25 bits per heavy atom. The quantitative estimate of drug-likeness (QED) is 0.761. The van der Waals surface area contributed by atoms with Crippen LogP contribution in [0.5, 0.6) is 0 Å². The van der Waals surface area contributed by atoms with Gasteiger partial charge in [-0.3, -0.25) is 9.88 Å². The summed E-state index contributed by atoms with van der Waals surface area (Å²) in [5, 5.41) is 0.443. The molecule has 1 aromatic heterocycles. The van der Waals surface area contributed by atoms with Crippen LogP contribution in [0, 0.1) is 0 Å². The van der Waals surface area contributed by atoms with Crippen molar-refractivity contribution in [2.24, 2.45) is 0 Å². The first-order valence-electron chi connectivity index (χ1n) is 5.49. The molecule has 0 spiro atoms. The van der Waals surface area contributed by atoms with Crippen molar-refractivity contribution in [2.45, 2.75) is 25.4 Å². The third kappa shape index (κ3) is 3.40. The average molecular weight is 242 g/mol. The van der Waals surface area contributed by atoms with Crippen LogP contribution in [0.15, 0.2) is 12.4 Å². The number of nitrogens with zero attached hydrogens (tertiary/aromatic N) is 3. The van der Waals surface area contributed by atoms with E-state index < -0.39 is 0 Å². The van der Waals surface area contributed by atoms with Crippen molar-refractivity contribution < 1.29 is 4.74 Å². The summed E-state index contributed by atoms with van der Waals surface area (Å²) < 4.78 is 5.11. The third-order valence-corrected chi connectivity index (χ3v) is 2.88. The van der Waals surface area contributed by atoms with Gasteiger partial charge in [-0.15, -0.1) is 0 Å². The molecule has 1 saturated carbocycles. The molecule has 0 atom stereocenters. The molecule has 2 rings (SSSR count). The number of hydrogen-bond acceptors (Lipinski definition) is 4. The van der Waals surface area contributed by atoms with Gasteiger partial charge in [0.15, 0.2) is 0 Å². The Bertz CT molecular complexity index is 327. The summed E-state index contributed by atoms with van der Waals surface area (Å²) in [4.78, 5) is 10.7. The van der Waals surface area contributed by atoms with Crippen molar-refractivity contribution in [2.75, 3.05) is 20.3 Å². The predicted octanol–water partition coefficient (Wildman–Crippen LogP) is 1.74. The van der Waals surface area contributed by atoms with Gasteiger partial charge in [0.25, 0.3) is 0 Å². The highest BCUT2D eigenvalue weighted by Gasteiger charge is 2.28. The molecule has 0 saturated heterocycles. The lowest BCUT2D eigenvalue weighted by Gasteiger charge is -2.20. The molecule has 5 heteroatoms. The van der Waals surface area contributed by atoms with Gasteiger partial charge in [-0.25, -0.2) is 4.98 Å². The van der Waals surface area contributed by atoms with Gasteiger partial charge in [-0.1, -0.05) is 11.6 Å². The molecule has 0 N–H and O–H groups in total. The van der Waals surface area contributed by atoms with Gasteiger partial charge in [0.05, 0.1) is 24.7 Å². The standard InChI is InChI=1S/C11H16ClN3O/c1-16-5-4-15(10-2-3-10)8-9-6-14-11(12)7-13-9/h6-7,10H,2-5,8H2,1H3. The van der Waals surface area contributed by atoms with Crippen LogP contribution in [0.2, 0.25) is 5.15 Å². The summed E-state index contributed by atoms with van der Waals surface area (Å²) in [6, 6.07) is 0.702. The van der Waals surface area contributed by atoms with E-state index in [1.165, 1.54) is 12.8 Å². The number of methoxy groups -OCH3 is 1. The highest BCUT2D eigenvalue weighted by atomic mass is 35.5. The van der Waals surface area contributed by atoms with E-state index in [4.69, 9.17) is 16.3 Å². The zero-order chi connectivity index (χ0) is 11.4. The zero-order valence-electron chi connectivity index (χ0n) is 9.40. The molecular formula is C11H16ClN3O. The van der Waals surface area contributed by atoms with Gasteiger partial charge in [-0.2, -0.15) is 0 Å². The number of aromatic nitrogens is 2. The molecule has 0 amide bonds. The maximum Gasteiger partial charge on any atom is 0.147 e. The fourth-order valence-corrected chi connectivity index (χ4v) is 1.77. The van der Waals surface area contributed by atoms with E-state index in [-0.39, 0.29) is 0 Å². The average Bonchev–Trinajstić information content (AvgIpc) is 3.11. The smallest absolute Gasteiger partial charge is 0.147 e. The molecule has 88 valence electrons. The first-order valence-corrected chi connectivity index (χ1v) is 5.87. The van der Waals surface area contributed by atoms with E-state index in [1.807, 2.05) is 0 Å². The Kier molecular flexibility index (Phi) is 4.09. The Balaban J connectivity index is 1.91. The Morgan fingerprint density at radius 3 is 2.81 bits per heavy atom. The van der Waals surface area contributed by atoms with Gasteiger partial charge in [0, 0.05) is 26.2 Å². The Morgan fingerprint density at radius 1 is 1.44 bits per heavy atom. The van der Waals surface area contributed by atoms with Crippen LogP contribution in [0.4, 0.5) is 0 Å². The topological polar surface area (TPSA) is 38.2 Å². The molecule has 1 aliphatic carbocycles. The zero-order valence-corrected chi connectivity index (χ0v) is 10.2. The van der Waals surface area contributed by atoms with Gasteiger partial charge in [-0.05, 0) is 12.8 Å². The van der Waals surface area contributed by atoms with Crippen molar-refractivity contribution in [3.63, 3.8) is 0 Å². The van der Waals surface area contributed by atoms with Crippen molar-refractivity contribution in [1.82, 2.24) is 14.9 Å². The van der Waals surface area contributed by atoms with Crippen molar-refractivity contribution >= 4 is 11.6 Å². The maximum absolute atomic E-state index is 5.70. The van der Waals surface area contributed by atoms with Crippen LogP contribution in [0.3, 0.4) is 0 Å². The third-order valence-electron chi connectivity index (χ3n) is 2.68. The van der Waals surface area contributed by atoms with E-state index >= 15 is 0 Å². The molecule has 0 aliphatic heterocycles. The largest absolute Gasteiger partial charge is 0.383 e. The molecular weight excluding hydrogens is 226 g/mol. The fraction of sp³-hybridized carbons (Fsp3) is 0.636. The fourth-order valence-electron chi connectivity index (χ4n) is 1.67. The van der Waals surface area contributed by atoms with Gasteiger partial charge in [0.1, 0.15) is 5.15 Å². The summed E-state index contributed by atoms with van der Waals surface area (Å²) in [5.41, 5.74) is 0.965. The number of rotatable bonds is 6. The molecule has 1 heterocycles. The highest BCUT2D eigenvalue weighted by molar-refractivity contribution is 6.29. The second-order valence-electron chi connectivity index (χ2n) is 4.02. The Labute approximate surface area is 101 Å². The highest BCUT2D eigenvalue weighted by Crippen LogP contribution is 2.27. The molecule has 0 bridgehead atoms. The number of ether oxygens (including phenoxy) is 1. The van der Waals surface area contributed by atoms with Crippen molar-refractivity contribution in [3.05, 3.63) is 23.2 Å². The SMILES string of the molecule is COCCN(Cc1cnc(Cl)cn1)C1CC1. The van der Waals surface area contributed by atoms with Crippen LogP contribution < -0.4 is 0 Å². The molecule has 4 nitrogen and oxygen atoms in total. The summed E-state index contributed by atoms with van der Waals surface area (Å²) >= 11 is 5.70. The minimum absolute atomic E-state index is 0.443. The van der Waals surface area contributed by atoms with Crippen LogP contribution in [0.25, 0.3) is 0 Å². The lowest BCUT2D eigenvalue weighted by atomic mass is 10.3. The van der Waals surface area contributed by atoms with Gasteiger partial charge in [0.2, 0.25) is 0 Å². The van der Waals surface area contributed by atoms with E-state index in [0.717, 1.165) is 25.4 Å². The molecule has 0 unspecified atom stereocenters. The first-order chi connectivity index (χ1) is 7.79. The molecule has 1 aliphatic rings. The normalized spacial score (nSPS) is 15.7. The molecule has 1 aromatic rings. The number of hydrogen-bond donors (Lipinski definition) is 0. The van der Waals surface area contributed by atoms with E-state index in [1.54, 1.807) is 19.5 Å². The van der Waals surface area contributed by atoms with Crippen LogP contribution >= 0.6 is 11.6 Å². The van der Waals surface area contributed by atoms with Crippen LogP contribution in [-0.4, -0.2) is 41.2 Å². The lowest BCUT2D eigenvalue weighted by molar-refractivity contribution is 0.138. The van der Waals surface area contributed by atoms with Crippen LogP contribution in [0.1, 0.15) is 18.5 Å². The van der Waals surface area contributed by atoms with Crippen molar-refractivity contribution in [3.8, 4) is 0 Å². The number of halogens is 1. The minimum Gasteiger partial charge on any atom is -0.383 e. The van der Waals surface area contributed by atoms with Crippen LogP contribution in [-0.2, 0) is 11.3 Å².